The van der Waals surface area contributed by atoms with Crippen LogP contribution in [0.2, 0.25) is 0 Å². The number of carbonyl (C=O) groups is 1. The van der Waals surface area contributed by atoms with Gasteiger partial charge in [0.15, 0.2) is 5.65 Å². The first-order valence-electron chi connectivity index (χ1n) is 5.89. The summed E-state index contributed by atoms with van der Waals surface area (Å²) < 4.78 is 2.20. The molecule has 0 fully saturated rings. The van der Waals surface area contributed by atoms with E-state index >= 15 is 0 Å². The van der Waals surface area contributed by atoms with Crippen molar-refractivity contribution in [3.63, 3.8) is 0 Å². The van der Waals surface area contributed by atoms with E-state index in [0.717, 1.165) is 5.82 Å². The average molecular weight is 327 g/mol. The number of carboxylic acids is 1. The third-order valence-corrected chi connectivity index (χ3v) is 3.72. The van der Waals surface area contributed by atoms with E-state index < -0.39 is 5.97 Å². The second-order valence-corrected chi connectivity index (χ2v) is 5.34. The topological polar surface area (TPSA) is 70.7 Å². The minimum Gasteiger partial charge on any atom is -0.481 e. The summed E-state index contributed by atoms with van der Waals surface area (Å²) in [7, 11) is 1.96. The number of aromatic nitrogens is 3. The molecule has 19 heavy (non-hydrogen) atoms. The van der Waals surface area contributed by atoms with Crippen molar-refractivity contribution < 1.29 is 9.90 Å². The molecule has 0 atom stereocenters. The largest absolute Gasteiger partial charge is 0.481 e. The van der Waals surface area contributed by atoms with E-state index in [0.29, 0.717) is 22.0 Å². The Morgan fingerprint density at radius 1 is 1.53 bits per heavy atom. The molecule has 7 heteroatoms. The van der Waals surface area contributed by atoms with Crippen molar-refractivity contribution in [3.05, 3.63) is 22.4 Å². The Hall–Kier alpha value is -1.63. The Morgan fingerprint density at radius 3 is 2.79 bits per heavy atom. The normalized spacial score (nSPS) is 11.2. The highest BCUT2D eigenvalue weighted by Gasteiger charge is 2.15. The maximum atomic E-state index is 10.8. The Balaban J connectivity index is 2.48. The second kappa shape index (κ2) is 5.16. The maximum absolute atomic E-state index is 10.8. The number of halogens is 1. The number of rotatable bonds is 4. The van der Waals surface area contributed by atoms with E-state index in [2.05, 4.69) is 39.9 Å². The Labute approximate surface area is 119 Å². The molecule has 0 aromatic carbocycles. The molecule has 0 bridgehead atoms. The highest BCUT2D eigenvalue weighted by Crippen LogP contribution is 2.21. The van der Waals surface area contributed by atoms with Crippen molar-refractivity contribution in [1.29, 1.82) is 0 Å². The number of fused-ring (bicyclic) bond motifs is 1. The summed E-state index contributed by atoms with van der Waals surface area (Å²) in [6.45, 7) is 4.15. The molecule has 2 rings (SSSR count). The molecule has 0 saturated carbocycles. The number of hydrogen-bond donors (Lipinski definition) is 1. The Bertz CT molecular complexity index is 623. The lowest BCUT2D eigenvalue weighted by Crippen LogP contribution is -2.27. The van der Waals surface area contributed by atoms with Gasteiger partial charge in [0.05, 0.1) is 12.1 Å². The van der Waals surface area contributed by atoms with E-state index in [1.165, 1.54) is 0 Å². The number of anilines is 1. The third kappa shape index (κ3) is 2.70. The molecule has 2 aromatic heterocycles. The van der Waals surface area contributed by atoms with Crippen LogP contribution >= 0.6 is 15.9 Å². The van der Waals surface area contributed by atoms with Gasteiger partial charge in [0.1, 0.15) is 10.4 Å². The van der Waals surface area contributed by atoms with E-state index in [4.69, 9.17) is 5.11 Å². The van der Waals surface area contributed by atoms with Crippen LogP contribution in [0.5, 0.6) is 0 Å². The van der Waals surface area contributed by atoms with E-state index in [1.54, 1.807) is 4.52 Å². The van der Waals surface area contributed by atoms with Crippen molar-refractivity contribution in [1.82, 2.24) is 14.6 Å². The SMILES string of the molecule is CC(C)N(C)c1ccc2nc(CC(=O)O)c(Br)n2n1. The maximum Gasteiger partial charge on any atom is 0.309 e. The van der Waals surface area contributed by atoms with Crippen LogP contribution in [0.4, 0.5) is 5.82 Å². The predicted octanol–water partition coefficient (Wildman–Crippen LogP) is 1.96. The third-order valence-electron chi connectivity index (χ3n) is 2.93. The summed E-state index contributed by atoms with van der Waals surface area (Å²) in [6, 6.07) is 4.03. The Morgan fingerprint density at radius 2 is 2.21 bits per heavy atom. The first-order valence-corrected chi connectivity index (χ1v) is 6.68. The molecule has 0 spiro atoms. The molecular formula is C12H15BrN4O2. The highest BCUT2D eigenvalue weighted by atomic mass is 79.9. The lowest BCUT2D eigenvalue weighted by atomic mass is 10.3. The smallest absolute Gasteiger partial charge is 0.309 e. The van der Waals surface area contributed by atoms with Crippen molar-refractivity contribution >= 4 is 33.4 Å². The van der Waals surface area contributed by atoms with Gasteiger partial charge in [-0.2, -0.15) is 0 Å². The van der Waals surface area contributed by atoms with Gasteiger partial charge in [0.25, 0.3) is 0 Å². The van der Waals surface area contributed by atoms with Gasteiger partial charge in [0, 0.05) is 13.1 Å². The van der Waals surface area contributed by atoms with Gasteiger partial charge in [-0.1, -0.05) is 0 Å². The van der Waals surface area contributed by atoms with Crippen LogP contribution in [0.1, 0.15) is 19.5 Å². The van der Waals surface area contributed by atoms with Crippen LogP contribution in [0.15, 0.2) is 16.7 Å². The molecule has 0 aliphatic heterocycles. The molecule has 0 saturated heterocycles. The molecule has 0 aliphatic rings. The van der Waals surface area contributed by atoms with Crippen LogP contribution in [0.3, 0.4) is 0 Å². The van der Waals surface area contributed by atoms with Crippen molar-refractivity contribution in [2.24, 2.45) is 0 Å². The summed E-state index contributed by atoms with van der Waals surface area (Å²) in [4.78, 5) is 17.0. The van der Waals surface area contributed by atoms with Gasteiger partial charge in [-0.3, -0.25) is 4.79 Å². The quantitative estimate of drug-likeness (QED) is 0.930. The van der Waals surface area contributed by atoms with Crippen molar-refractivity contribution in [2.75, 3.05) is 11.9 Å². The van der Waals surface area contributed by atoms with Gasteiger partial charge < -0.3 is 10.0 Å². The zero-order chi connectivity index (χ0) is 14.2. The molecule has 1 N–H and O–H groups in total. The number of carboxylic acid groups (broad SMARTS) is 1. The predicted molar refractivity (Wildman–Crippen MR) is 75.6 cm³/mol. The number of nitrogens with zero attached hydrogens (tertiary/aromatic N) is 4. The van der Waals surface area contributed by atoms with Crippen LogP contribution in [-0.2, 0) is 11.2 Å². The fourth-order valence-corrected chi connectivity index (χ4v) is 2.14. The van der Waals surface area contributed by atoms with E-state index in [1.807, 2.05) is 24.1 Å². The highest BCUT2D eigenvalue weighted by molar-refractivity contribution is 9.10. The fraction of sp³-hybridized carbons (Fsp3) is 0.417. The summed E-state index contributed by atoms with van der Waals surface area (Å²) in [5.74, 6) is -0.105. The van der Waals surface area contributed by atoms with Gasteiger partial charge in [-0.25, -0.2) is 9.50 Å². The molecule has 102 valence electrons. The lowest BCUT2D eigenvalue weighted by molar-refractivity contribution is -0.136. The Kier molecular flexibility index (Phi) is 3.75. The number of imidazole rings is 1. The summed E-state index contributed by atoms with van der Waals surface area (Å²) in [5.41, 5.74) is 1.10. The molecular weight excluding hydrogens is 312 g/mol. The average Bonchev–Trinajstić information content (AvgIpc) is 2.64. The van der Waals surface area contributed by atoms with Crippen LogP contribution in [0.25, 0.3) is 5.65 Å². The molecule has 0 unspecified atom stereocenters. The zero-order valence-electron chi connectivity index (χ0n) is 11.0. The summed E-state index contributed by atoms with van der Waals surface area (Å²) in [5, 5.41) is 13.3. The number of hydrogen-bond acceptors (Lipinski definition) is 4. The van der Waals surface area contributed by atoms with Gasteiger partial charge in [-0.15, -0.1) is 5.10 Å². The monoisotopic (exact) mass is 326 g/mol. The van der Waals surface area contributed by atoms with Gasteiger partial charge in [-0.05, 0) is 41.9 Å². The summed E-state index contributed by atoms with van der Waals surface area (Å²) in [6.07, 6.45) is -0.126. The fourth-order valence-electron chi connectivity index (χ4n) is 1.65. The van der Waals surface area contributed by atoms with E-state index in [-0.39, 0.29) is 6.42 Å². The first kappa shape index (κ1) is 13.8. The van der Waals surface area contributed by atoms with Crippen LogP contribution < -0.4 is 4.90 Å². The second-order valence-electron chi connectivity index (χ2n) is 4.59. The molecule has 2 heterocycles. The lowest BCUT2D eigenvalue weighted by Gasteiger charge is -2.22. The molecule has 0 amide bonds. The minimum atomic E-state index is -0.913. The standard InChI is InChI=1S/C12H15BrN4O2/c1-7(2)16(3)10-5-4-9-14-8(6-11(18)19)12(13)17(9)15-10/h4-5,7H,6H2,1-3H3,(H,18,19). The van der Waals surface area contributed by atoms with Gasteiger partial charge >= 0.3 is 5.97 Å². The van der Waals surface area contributed by atoms with Crippen LogP contribution in [0, 0.1) is 0 Å². The van der Waals surface area contributed by atoms with Crippen molar-refractivity contribution in [2.45, 2.75) is 26.3 Å². The van der Waals surface area contributed by atoms with Crippen molar-refractivity contribution in [3.8, 4) is 0 Å². The zero-order valence-corrected chi connectivity index (χ0v) is 12.5. The molecule has 2 aromatic rings. The minimum absolute atomic E-state index is 0.126. The molecule has 0 radical (unpaired) electrons. The molecule has 0 aliphatic carbocycles. The molecule has 6 nitrogen and oxygen atoms in total. The van der Waals surface area contributed by atoms with Gasteiger partial charge in [0.2, 0.25) is 0 Å². The van der Waals surface area contributed by atoms with E-state index in [9.17, 15) is 4.79 Å². The summed E-state index contributed by atoms with van der Waals surface area (Å²) >= 11 is 3.36. The first-order chi connectivity index (χ1) is 8.90. The number of aliphatic carboxylic acids is 1. The van der Waals surface area contributed by atoms with Crippen LogP contribution in [-0.4, -0.2) is 38.8 Å².